The van der Waals surface area contributed by atoms with Crippen LogP contribution >= 0.6 is 11.6 Å². The van der Waals surface area contributed by atoms with E-state index in [4.69, 9.17) is 18.0 Å². The van der Waals surface area contributed by atoms with Gasteiger partial charge in [-0.15, -0.1) is 12.3 Å². The van der Waals surface area contributed by atoms with Gasteiger partial charge in [0.25, 0.3) is 0 Å². The van der Waals surface area contributed by atoms with Crippen LogP contribution in [0.25, 0.3) is 0 Å². The zero-order valence-electron chi connectivity index (χ0n) is 15.0. The number of hydrogen-bond donors (Lipinski definition) is 0. The summed E-state index contributed by atoms with van der Waals surface area (Å²) in [6.07, 6.45) is 8.89. The maximum Gasteiger partial charge on any atom is 0.222 e. The number of carbonyl (C=O) groups excluding carboxylic acids is 1. The molecule has 1 amide bonds. The first-order chi connectivity index (χ1) is 12.6. The lowest BCUT2D eigenvalue weighted by Crippen LogP contribution is -2.35. The van der Waals surface area contributed by atoms with E-state index in [1.165, 1.54) is 5.56 Å². The van der Waals surface area contributed by atoms with Crippen molar-refractivity contribution < 1.29 is 4.79 Å². The Morgan fingerprint density at radius 1 is 1.15 bits per heavy atom. The molecular weight excluding hydrogens is 348 g/mol. The first-order valence-corrected chi connectivity index (χ1v) is 9.60. The number of rotatable bonds is 7. The predicted molar refractivity (Wildman–Crippen MR) is 103 cm³/mol. The number of carbonyl (C=O) groups is 1. The third kappa shape index (κ3) is 5.30. The Morgan fingerprint density at radius 2 is 1.92 bits per heavy atom. The Hall–Kier alpha value is -1.90. The van der Waals surface area contributed by atoms with Crippen molar-refractivity contribution in [3.8, 4) is 12.3 Å². The maximum atomic E-state index is 12.6. The van der Waals surface area contributed by atoms with Crippen molar-refractivity contribution in [2.45, 2.75) is 44.3 Å². The molecule has 1 aromatic carbocycles. The Labute approximate surface area is 160 Å². The Morgan fingerprint density at radius 3 is 2.62 bits per heavy atom. The molecule has 5 nitrogen and oxygen atoms in total. The van der Waals surface area contributed by atoms with Crippen LogP contribution in [0.5, 0.6) is 0 Å². The van der Waals surface area contributed by atoms with Crippen LogP contribution in [0.1, 0.15) is 37.7 Å². The molecule has 1 aromatic rings. The highest BCUT2D eigenvalue weighted by Crippen LogP contribution is 2.37. The molecule has 0 unspecified atom stereocenters. The van der Waals surface area contributed by atoms with Crippen molar-refractivity contribution in [2.75, 3.05) is 26.2 Å². The van der Waals surface area contributed by atoms with E-state index in [2.05, 4.69) is 33.2 Å². The van der Waals surface area contributed by atoms with Crippen molar-refractivity contribution in [3.63, 3.8) is 0 Å². The lowest BCUT2D eigenvalue weighted by atomic mass is 10.0. The molecule has 0 spiro atoms. The van der Waals surface area contributed by atoms with E-state index in [9.17, 15) is 4.79 Å². The number of amides is 1. The molecule has 138 valence electrons. The molecule has 2 aliphatic heterocycles. The van der Waals surface area contributed by atoms with E-state index < -0.39 is 0 Å². The molecule has 6 heteroatoms. The summed E-state index contributed by atoms with van der Waals surface area (Å²) in [4.78, 5) is 17.0. The topological polar surface area (TPSA) is 48.3 Å². The van der Waals surface area contributed by atoms with E-state index in [-0.39, 0.29) is 11.6 Å². The number of benzene rings is 1. The van der Waals surface area contributed by atoms with E-state index in [1.807, 2.05) is 17.0 Å². The van der Waals surface area contributed by atoms with Gasteiger partial charge in [-0.3, -0.25) is 9.69 Å². The first-order valence-electron chi connectivity index (χ1n) is 9.22. The van der Waals surface area contributed by atoms with Crippen LogP contribution in [0.4, 0.5) is 0 Å². The van der Waals surface area contributed by atoms with Gasteiger partial charge in [0.05, 0.1) is 0 Å². The lowest BCUT2D eigenvalue weighted by molar-refractivity contribution is -0.131. The number of halogens is 1. The molecule has 2 heterocycles. The molecule has 0 aromatic heterocycles. The summed E-state index contributed by atoms with van der Waals surface area (Å²) >= 11 is 5.95. The second-order valence-electron chi connectivity index (χ2n) is 7.02. The quantitative estimate of drug-likeness (QED) is 0.685. The minimum Gasteiger partial charge on any atom is -0.341 e. The molecule has 0 saturated carbocycles. The van der Waals surface area contributed by atoms with Gasteiger partial charge in [-0.25, -0.2) is 0 Å². The average Bonchev–Trinajstić information content (AvgIpc) is 3.45. The van der Waals surface area contributed by atoms with E-state index in [0.717, 1.165) is 50.6 Å². The Balaban J connectivity index is 1.43. The summed E-state index contributed by atoms with van der Waals surface area (Å²) in [6.45, 7) is 4.39. The van der Waals surface area contributed by atoms with Gasteiger partial charge in [0.2, 0.25) is 5.91 Å². The fourth-order valence-electron chi connectivity index (χ4n) is 3.36. The molecular formula is C20H25ClN4O. The molecule has 26 heavy (non-hydrogen) atoms. The molecule has 2 aliphatic rings. The van der Waals surface area contributed by atoms with Crippen molar-refractivity contribution in [3.05, 3.63) is 34.9 Å². The van der Waals surface area contributed by atoms with Crippen LogP contribution < -0.4 is 0 Å². The predicted octanol–water partition coefficient (Wildman–Crippen LogP) is 3.73. The van der Waals surface area contributed by atoms with Gasteiger partial charge in [-0.1, -0.05) is 23.7 Å². The lowest BCUT2D eigenvalue weighted by Gasteiger charge is -2.22. The number of nitrogens with zero attached hydrogens (tertiary/aromatic N) is 4. The number of hydrogen-bond acceptors (Lipinski definition) is 4. The SMILES string of the molecule is C#CCCC1(CCC(=O)N2CCCN(Cc3ccc(Cl)cc3)CC2)N=N1. The molecule has 0 atom stereocenters. The van der Waals surface area contributed by atoms with E-state index in [1.54, 1.807) is 0 Å². The first kappa shape index (κ1) is 18.9. The molecule has 0 N–H and O–H groups in total. The van der Waals surface area contributed by atoms with Crippen LogP contribution in [0, 0.1) is 12.3 Å². The molecule has 1 saturated heterocycles. The van der Waals surface area contributed by atoms with Gasteiger partial charge in [-0.05, 0) is 24.1 Å². The zero-order chi connectivity index (χ0) is 18.4. The molecule has 3 rings (SSSR count). The van der Waals surface area contributed by atoms with E-state index >= 15 is 0 Å². The summed E-state index contributed by atoms with van der Waals surface area (Å²) in [5, 5.41) is 8.99. The smallest absolute Gasteiger partial charge is 0.222 e. The van der Waals surface area contributed by atoms with Crippen LogP contribution in [-0.2, 0) is 11.3 Å². The van der Waals surface area contributed by atoms with Crippen LogP contribution in [0.3, 0.4) is 0 Å². The summed E-state index contributed by atoms with van der Waals surface area (Å²) in [7, 11) is 0. The van der Waals surface area contributed by atoms with Gasteiger partial charge >= 0.3 is 0 Å². The third-order valence-corrected chi connectivity index (χ3v) is 5.30. The average molecular weight is 373 g/mol. The normalized spacial score (nSPS) is 19.0. The van der Waals surface area contributed by atoms with Gasteiger partial charge < -0.3 is 4.90 Å². The van der Waals surface area contributed by atoms with Gasteiger partial charge in [0.15, 0.2) is 5.66 Å². The van der Waals surface area contributed by atoms with Gasteiger partial charge in [0.1, 0.15) is 0 Å². The fourth-order valence-corrected chi connectivity index (χ4v) is 3.49. The highest BCUT2D eigenvalue weighted by molar-refractivity contribution is 6.30. The van der Waals surface area contributed by atoms with Crippen LogP contribution in [0.15, 0.2) is 34.5 Å². The molecule has 1 fully saturated rings. The van der Waals surface area contributed by atoms with Gasteiger partial charge in [0, 0.05) is 63.4 Å². The van der Waals surface area contributed by atoms with Crippen LogP contribution in [0.2, 0.25) is 5.02 Å². The molecule has 0 radical (unpaired) electrons. The second kappa shape index (κ2) is 8.66. The summed E-state index contributed by atoms with van der Waals surface area (Å²) in [6, 6.07) is 7.98. The zero-order valence-corrected chi connectivity index (χ0v) is 15.8. The van der Waals surface area contributed by atoms with Crippen molar-refractivity contribution in [1.29, 1.82) is 0 Å². The minimum absolute atomic E-state index is 0.204. The highest BCUT2D eigenvalue weighted by Gasteiger charge is 2.39. The summed E-state index contributed by atoms with van der Waals surface area (Å²) < 4.78 is 0. The number of terminal acetylenes is 1. The monoisotopic (exact) mass is 372 g/mol. The summed E-state index contributed by atoms with van der Waals surface area (Å²) in [5.41, 5.74) is 0.885. The third-order valence-electron chi connectivity index (χ3n) is 5.05. The maximum absolute atomic E-state index is 12.6. The minimum atomic E-state index is -0.367. The van der Waals surface area contributed by atoms with Crippen LogP contribution in [-0.4, -0.2) is 47.5 Å². The molecule has 0 aliphatic carbocycles. The standard InChI is InChI=1S/C20H25ClN4O/c1-2-3-10-20(22-23-20)11-9-19(26)25-13-4-12-24(14-15-25)16-17-5-7-18(21)8-6-17/h1,5-8H,3-4,9-16H2. The largest absolute Gasteiger partial charge is 0.341 e. The molecule has 0 bridgehead atoms. The summed E-state index contributed by atoms with van der Waals surface area (Å²) in [5.74, 6) is 2.83. The highest BCUT2D eigenvalue weighted by atomic mass is 35.5. The Bertz CT molecular complexity index is 689. The fraction of sp³-hybridized carbons (Fsp3) is 0.550. The Kier molecular flexibility index (Phi) is 6.29. The van der Waals surface area contributed by atoms with Crippen molar-refractivity contribution in [1.82, 2.24) is 9.80 Å². The van der Waals surface area contributed by atoms with Crippen molar-refractivity contribution >= 4 is 17.5 Å². The second-order valence-corrected chi connectivity index (χ2v) is 7.46. The van der Waals surface area contributed by atoms with Gasteiger partial charge in [-0.2, -0.15) is 10.2 Å². The van der Waals surface area contributed by atoms with Crippen molar-refractivity contribution in [2.24, 2.45) is 10.2 Å². The van der Waals surface area contributed by atoms with E-state index in [0.29, 0.717) is 19.3 Å².